The number of benzene rings is 1. The van der Waals surface area contributed by atoms with Crippen molar-refractivity contribution in [3.05, 3.63) is 42.2 Å². The highest BCUT2D eigenvalue weighted by Crippen LogP contribution is 2.39. The summed E-state index contributed by atoms with van der Waals surface area (Å²) in [5.74, 6) is -0.599. The minimum atomic E-state index is -0.653. The maximum Gasteiger partial charge on any atom is 0.246 e. The Morgan fingerprint density at radius 2 is 2.07 bits per heavy atom. The van der Waals surface area contributed by atoms with Crippen molar-refractivity contribution in [3.63, 3.8) is 0 Å². The number of nitrogens with zero attached hydrogens (tertiary/aromatic N) is 2. The van der Waals surface area contributed by atoms with Gasteiger partial charge in [0.05, 0.1) is 18.5 Å². The molecule has 1 spiro atoms. The number of rotatable bonds is 4. The summed E-state index contributed by atoms with van der Waals surface area (Å²) in [4.78, 5) is 39.8. The molecule has 0 radical (unpaired) electrons. The van der Waals surface area contributed by atoms with Crippen molar-refractivity contribution in [1.29, 1.82) is 0 Å². The zero-order valence-electron chi connectivity index (χ0n) is 15.4. The Morgan fingerprint density at radius 3 is 2.70 bits per heavy atom. The van der Waals surface area contributed by atoms with E-state index >= 15 is 0 Å². The van der Waals surface area contributed by atoms with Crippen LogP contribution in [0.25, 0.3) is 0 Å². The van der Waals surface area contributed by atoms with Crippen molar-refractivity contribution in [3.8, 4) is 5.75 Å². The van der Waals surface area contributed by atoms with E-state index in [-0.39, 0.29) is 36.1 Å². The minimum absolute atomic E-state index is 0.0102. The molecule has 144 valence electrons. The summed E-state index contributed by atoms with van der Waals surface area (Å²) in [6.45, 7) is 6.59. The van der Waals surface area contributed by atoms with Gasteiger partial charge in [0.2, 0.25) is 11.8 Å². The Bertz CT molecular complexity index is 784. The zero-order chi connectivity index (χ0) is 19.6. The standard InChI is InChI=1S/C20H23FN2O4/c1-3-18(25)22(4-2)13-19(26)23-9-7-20(8-10-23)12-16(24)15-11-14(21)5-6-17(15)27-20/h3,5-6,11H,1,4,7-10,12-13H2,2H3. The number of likely N-dealkylation sites (tertiary alicyclic amines) is 1. The lowest BCUT2D eigenvalue weighted by Crippen LogP contribution is -2.53. The second-order valence-corrected chi connectivity index (χ2v) is 6.96. The van der Waals surface area contributed by atoms with Crippen LogP contribution in [-0.4, -0.2) is 59.2 Å². The molecule has 1 saturated heterocycles. The number of amides is 2. The fourth-order valence-corrected chi connectivity index (χ4v) is 3.65. The second-order valence-electron chi connectivity index (χ2n) is 6.96. The van der Waals surface area contributed by atoms with Gasteiger partial charge in [-0.25, -0.2) is 4.39 Å². The van der Waals surface area contributed by atoms with Crippen LogP contribution in [-0.2, 0) is 9.59 Å². The van der Waals surface area contributed by atoms with Crippen LogP contribution < -0.4 is 4.74 Å². The van der Waals surface area contributed by atoms with Crippen molar-refractivity contribution in [2.75, 3.05) is 26.2 Å². The van der Waals surface area contributed by atoms with Crippen molar-refractivity contribution in [2.45, 2.75) is 31.8 Å². The van der Waals surface area contributed by atoms with Crippen LogP contribution in [0.3, 0.4) is 0 Å². The highest BCUT2D eigenvalue weighted by molar-refractivity contribution is 6.00. The lowest BCUT2D eigenvalue weighted by Gasteiger charge is -2.44. The molecule has 6 nitrogen and oxygen atoms in total. The summed E-state index contributed by atoms with van der Waals surface area (Å²) < 4.78 is 19.4. The summed E-state index contributed by atoms with van der Waals surface area (Å²) >= 11 is 0. The van der Waals surface area contributed by atoms with Gasteiger partial charge in [0, 0.05) is 32.5 Å². The normalized spacial score (nSPS) is 17.9. The quantitative estimate of drug-likeness (QED) is 0.758. The monoisotopic (exact) mass is 374 g/mol. The lowest BCUT2D eigenvalue weighted by atomic mass is 9.82. The predicted octanol–water partition coefficient (Wildman–Crippen LogP) is 2.19. The molecule has 2 amide bonds. The Labute approximate surface area is 157 Å². The largest absolute Gasteiger partial charge is 0.486 e. The van der Waals surface area contributed by atoms with Crippen molar-refractivity contribution >= 4 is 17.6 Å². The van der Waals surface area contributed by atoms with Gasteiger partial charge in [0.25, 0.3) is 0 Å². The first-order chi connectivity index (χ1) is 12.9. The van der Waals surface area contributed by atoms with Crippen molar-refractivity contribution in [1.82, 2.24) is 9.80 Å². The van der Waals surface area contributed by atoms with Crippen LogP contribution in [0.1, 0.15) is 36.5 Å². The highest BCUT2D eigenvalue weighted by atomic mass is 19.1. The molecule has 27 heavy (non-hydrogen) atoms. The fourth-order valence-electron chi connectivity index (χ4n) is 3.65. The van der Waals surface area contributed by atoms with Crippen LogP contribution in [0.2, 0.25) is 0 Å². The minimum Gasteiger partial charge on any atom is -0.486 e. The Morgan fingerprint density at radius 1 is 1.37 bits per heavy atom. The molecule has 2 aliphatic heterocycles. The van der Waals surface area contributed by atoms with E-state index in [4.69, 9.17) is 4.74 Å². The first kappa shape index (κ1) is 19.1. The molecule has 3 rings (SSSR count). The van der Waals surface area contributed by atoms with E-state index in [2.05, 4.69) is 6.58 Å². The van der Waals surface area contributed by atoms with Crippen molar-refractivity contribution in [2.24, 2.45) is 0 Å². The number of likely N-dealkylation sites (N-methyl/N-ethyl adjacent to an activating group) is 1. The van der Waals surface area contributed by atoms with Crippen molar-refractivity contribution < 1.29 is 23.5 Å². The Balaban J connectivity index is 1.64. The van der Waals surface area contributed by atoms with Crippen LogP contribution in [0.5, 0.6) is 5.75 Å². The second kappa shape index (κ2) is 7.50. The van der Waals surface area contributed by atoms with Gasteiger partial charge in [-0.1, -0.05) is 6.58 Å². The maximum atomic E-state index is 13.4. The van der Waals surface area contributed by atoms with E-state index in [9.17, 15) is 18.8 Å². The van der Waals surface area contributed by atoms with Gasteiger partial charge in [-0.3, -0.25) is 14.4 Å². The van der Waals surface area contributed by atoms with Crippen LogP contribution in [0.15, 0.2) is 30.9 Å². The van der Waals surface area contributed by atoms with Gasteiger partial charge in [-0.05, 0) is 31.2 Å². The predicted molar refractivity (Wildman–Crippen MR) is 97.0 cm³/mol. The summed E-state index contributed by atoms with van der Waals surface area (Å²) in [6, 6.07) is 3.97. The number of hydrogen-bond acceptors (Lipinski definition) is 4. The summed E-state index contributed by atoms with van der Waals surface area (Å²) in [5.41, 5.74) is -0.374. The average Bonchev–Trinajstić information content (AvgIpc) is 2.66. The fraction of sp³-hybridized carbons (Fsp3) is 0.450. The number of ether oxygens (including phenoxy) is 1. The van der Waals surface area contributed by atoms with Crippen LogP contribution in [0, 0.1) is 5.82 Å². The van der Waals surface area contributed by atoms with E-state index in [1.54, 1.807) is 4.90 Å². The van der Waals surface area contributed by atoms with Gasteiger partial charge in [0.1, 0.15) is 17.2 Å². The van der Waals surface area contributed by atoms with Gasteiger partial charge >= 0.3 is 0 Å². The average molecular weight is 374 g/mol. The summed E-state index contributed by atoms with van der Waals surface area (Å²) in [7, 11) is 0. The van der Waals surface area contributed by atoms with Gasteiger partial charge in [-0.2, -0.15) is 0 Å². The van der Waals surface area contributed by atoms with E-state index in [1.165, 1.54) is 29.2 Å². The molecule has 0 unspecified atom stereocenters. The van der Waals surface area contributed by atoms with E-state index < -0.39 is 11.4 Å². The van der Waals surface area contributed by atoms with E-state index in [0.717, 1.165) is 0 Å². The third kappa shape index (κ3) is 3.86. The molecule has 0 saturated carbocycles. The lowest BCUT2D eigenvalue weighted by molar-refractivity contribution is -0.140. The number of carbonyl (C=O) groups is 3. The number of ketones is 1. The number of carbonyl (C=O) groups excluding carboxylic acids is 3. The Hall–Kier alpha value is -2.70. The third-order valence-corrected chi connectivity index (χ3v) is 5.27. The topological polar surface area (TPSA) is 66.9 Å². The number of halogens is 1. The molecule has 1 aromatic carbocycles. The van der Waals surface area contributed by atoms with E-state index in [0.29, 0.717) is 38.2 Å². The van der Waals surface area contributed by atoms with Gasteiger partial charge in [0.15, 0.2) is 5.78 Å². The number of Topliss-reactive ketones (excluding diaryl/α,β-unsaturated/α-hetero) is 1. The molecule has 7 heteroatoms. The summed E-state index contributed by atoms with van der Waals surface area (Å²) in [6.07, 6.45) is 2.41. The molecule has 0 aliphatic carbocycles. The molecule has 0 aromatic heterocycles. The zero-order valence-corrected chi connectivity index (χ0v) is 15.4. The van der Waals surface area contributed by atoms with Gasteiger partial charge in [-0.15, -0.1) is 0 Å². The Kier molecular flexibility index (Phi) is 5.30. The van der Waals surface area contributed by atoms with Crippen LogP contribution in [0.4, 0.5) is 4.39 Å². The first-order valence-electron chi connectivity index (χ1n) is 9.08. The first-order valence-corrected chi connectivity index (χ1v) is 9.08. The molecular weight excluding hydrogens is 351 g/mol. The smallest absolute Gasteiger partial charge is 0.246 e. The maximum absolute atomic E-state index is 13.4. The SMILES string of the molecule is C=CC(=O)N(CC)CC(=O)N1CCC2(CC1)CC(=O)c1cc(F)ccc1O2. The molecule has 0 atom stereocenters. The molecule has 2 aliphatic rings. The number of piperidine rings is 1. The number of fused-ring (bicyclic) bond motifs is 1. The summed E-state index contributed by atoms with van der Waals surface area (Å²) in [5, 5.41) is 0. The molecule has 1 aromatic rings. The molecule has 1 fully saturated rings. The van der Waals surface area contributed by atoms with Crippen LogP contribution >= 0.6 is 0 Å². The third-order valence-electron chi connectivity index (χ3n) is 5.27. The molecular formula is C20H23FN2O4. The highest BCUT2D eigenvalue weighted by Gasteiger charge is 2.43. The molecule has 2 heterocycles. The molecule has 0 N–H and O–H groups in total. The van der Waals surface area contributed by atoms with Gasteiger partial charge < -0.3 is 14.5 Å². The molecule has 0 bridgehead atoms. The number of hydrogen-bond donors (Lipinski definition) is 0. The van der Waals surface area contributed by atoms with E-state index in [1.807, 2.05) is 6.92 Å².